The Morgan fingerprint density at radius 3 is 2.70 bits per heavy atom. The quantitative estimate of drug-likeness (QED) is 0.395. The number of halogens is 1. The molecule has 0 unspecified atom stereocenters. The van der Waals surface area contributed by atoms with E-state index in [-0.39, 0.29) is 18.1 Å². The summed E-state index contributed by atoms with van der Waals surface area (Å²) in [4.78, 5) is 11.8. The maximum atomic E-state index is 11.8. The molecule has 0 bridgehead atoms. The average molecular weight is 376 g/mol. The molecule has 2 aromatic heterocycles. The first kappa shape index (κ1) is 15.2. The van der Waals surface area contributed by atoms with E-state index in [9.17, 15) is 10.0 Å². The summed E-state index contributed by atoms with van der Waals surface area (Å²) in [5.41, 5.74) is 1.02. The summed E-state index contributed by atoms with van der Waals surface area (Å²) < 4.78 is 12.0. The lowest BCUT2D eigenvalue weighted by atomic mass is 10.2. The van der Waals surface area contributed by atoms with Gasteiger partial charge in [-0.1, -0.05) is 12.1 Å². The van der Waals surface area contributed by atoms with E-state index in [1.807, 2.05) is 24.3 Å². The zero-order valence-corrected chi connectivity index (χ0v) is 13.3. The summed E-state index contributed by atoms with van der Waals surface area (Å²) in [5, 5.41) is 18.7. The van der Waals surface area contributed by atoms with Gasteiger partial charge in [-0.15, -0.1) is 10.2 Å². The van der Waals surface area contributed by atoms with Gasteiger partial charge in [0.15, 0.2) is 19.0 Å². The van der Waals surface area contributed by atoms with E-state index in [0.717, 1.165) is 10.0 Å². The van der Waals surface area contributed by atoms with E-state index in [1.165, 1.54) is 24.5 Å². The first-order valence-electron chi connectivity index (χ1n) is 6.57. The second-order valence-electron chi connectivity index (χ2n) is 4.50. The molecule has 0 atom stereocenters. The third-order valence-electron chi connectivity index (χ3n) is 2.94. The van der Waals surface area contributed by atoms with Gasteiger partial charge >= 0.3 is 5.97 Å². The van der Waals surface area contributed by atoms with Crippen LogP contribution in [0.4, 0.5) is 0 Å². The van der Waals surface area contributed by atoms with Crippen molar-refractivity contribution < 1.29 is 18.7 Å². The summed E-state index contributed by atoms with van der Waals surface area (Å²) in [7, 11) is 0. The van der Waals surface area contributed by atoms with Crippen LogP contribution < -0.4 is 4.73 Å². The molecule has 0 saturated heterocycles. The minimum absolute atomic E-state index is 0.150. The number of hydrogen-bond donors (Lipinski definition) is 0. The molecular formula is C15H10BrN3O4. The van der Waals surface area contributed by atoms with Gasteiger partial charge in [0, 0.05) is 16.6 Å². The molecule has 0 amide bonds. The van der Waals surface area contributed by atoms with Gasteiger partial charge in [0.05, 0.1) is 11.1 Å². The molecule has 1 aromatic carbocycles. The predicted molar refractivity (Wildman–Crippen MR) is 82.0 cm³/mol. The van der Waals surface area contributed by atoms with Gasteiger partial charge in [-0.05, 0) is 28.1 Å². The molecule has 0 spiro atoms. The first-order valence-corrected chi connectivity index (χ1v) is 7.36. The lowest BCUT2D eigenvalue weighted by Crippen LogP contribution is -2.24. The molecule has 2 heterocycles. The Morgan fingerprint density at radius 1 is 1.22 bits per heavy atom. The number of nitrogens with zero attached hydrogens (tertiary/aromatic N) is 3. The molecule has 0 N–H and O–H groups in total. The van der Waals surface area contributed by atoms with Crippen LogP contribution in [0.2, 0.25) is 0 Å². The van der Waals surface area contributed by atoms with Gasteiger partial charge in [-0.25, -0.2) is 4.79 Å². The van der Waals surface area contributed by atoms with Gasteiger partial charge in [-0.2, -0.15) is 4.73 Å². The Hall–Kier alpha value is -2.74. The van der Waals surface area contributed by atoms with Crippen molar-refractivity contribution in [3.8, 4) is 11.5 Å². The van der Waals surface area contributed by atoms with Crippen molar-refractivity contribution in [2.24, 2.45) is 0 Å². The summed E-state index contributed by atoms with van der Waals surface area (Å²) in [5.74, 6) is -0.0687. The normalized spacial score (nSPS) is 10.5. The lowest BCUT2D eigenvalue weighted by Gasteiger charge is -2.01. The van der Waals surface area contributed by atoms with Gasteiger partial charge in [0.2, 0.25) is 5.89 Å². The Kier molecular flexibility index (Phi) is 4.33. The summed E-state index contributed by atoms with van der Waals surface area (Å²) in [6.07, 6.45) is 2.43. The van der Waals surface area contributed by atoms with Crippen LogP contribution in [0, 0.1) is 5.21 Å². The fourth-order valence-corrected chi connectivity index (χ4v) is 2.27. The molecule has 0 aliphatic rings. The minimum Gasteiger partial charge on any atom is -0.619 e. The van der Waals surface area contributed by atoms with Crippen molar-refractivity contribution in [3.63, 3.8) is 0 Å². The number of pyridine rings is 1. The molecule has 3 rings (SSSR count). The van der Waals surface area contributed by atoms with Gasteiger partial charge < -0.3 is 14.4 Å². The summed E-state index contributed by atoms with van der Waals surface area (Å²) in [6.45, 7) is -0.150. The second kappa shape index (κ2) is 6.57. The van der Waals surface area contributed by atoms with Crippen molar-refractivity contribution in [3.05, 3.63) is 69.9 Å². The van der Waals surface area contributed by atoms with E-state index in [0.29, 0.717) is 10.6 Å². The highest BCUT2D eigenvalue weighted by Gasteiger charge is 2.14. The molecule has 23 heavy (non-hydrogen) atoms. The summed E-state index contributed by atoms with van der Waals surface area (Å²) >= 11 is 3.40. The summed E-state index contributed by atoms with van der Waals surface area (Å²) in [6, 6.07) is 10.2. The van der Waals surface area contributed by atoms with Crippen molar-refractivity contribution in [1.82, 2.24) is 10.2 Å². The molecule has 0 aliphatic carbocycles. The number of esters is 1. The van der Waals surface area contributed by atoms with Crippen molar-refractivity contribution >= 4 is 21.9 Å². The van der Waals surface area contributed by atoms with E-state index >= 15 is 0 Å². The van der Waals surface area contributed by atoms with Crippen LogP contribution in [-0.2, 0) is 11.3 Å². The van der Waals surface area contributed by atoms with E-state index in [2.05, 4.69) is 26.1 Å². The van der Waals surface area contributed by atoms with Crippen LogP contribution in [0.3, 0.4) is 0 Å². The standard InChI is InChI=1S/C15H10BrN3O4/c16-12-4-2-1-3-11(12)14-18-17-13(23-14)9-22-15(20)10-5-7-19(21)8-6-10/h1-8H,9H2. The average Bonchev–Trinajstić information content (AvgIpc) is 3.02. The molecule has 0 fully saturated rings. The number of hydrogen-bond acceptors (Lipinski definition) is 6. The molecule has 0 radical (unpaired) electrons. The zero-order valence-electron chi connectivity index (χ0n) is 11.7. The SMILES string of the molecule is O=C(OCc1nnc(-c2ccccc2Br)o1)c1cc[n+]([O-])cc1. The van der Waals surface area contributed by atoms with Gasteiger partial charge in [0.1, 0.15) is 0 Å². The first-order chi connectivity index (χ1) is 11.1. The van der Waals surface area contributed by atoms with Crippen molar-refractivity contribution in [1.29, 1.82) is 0 Å². The van der Waals surface area contributed by atoms with Gasteiger partial charge in [-0.3, -0.25) is 0 Å². The molecule has 116 valence electrons. The van der Waals surface area contributed by atoms with Crippen LogP contribution in [0.1, 0.15) is 16.2 Å². The Labute approximate surface area is 139 Å². The van der Waals surface area contributed by atoms with Crippen LogP contribution in [0.25, 0.3) is 11.5 Å². The number of rotatable bonds is 4. The molecule has 8 heteroatoms. The highest BCUT2D eigenvalue weighted by molar-refractivity contribution is 9.10. The van der Waals surface area contributed by atoms with E-state index in [4.69, 9.17) is 9.15 Å². The molecule has 0 saturated carbocycles. The third kappa shape index (κ3) is 3.54. The van der Waals surface area contributed by atoms with E-state index in [1.54, 1.807) is 0 Å². The highest BCUT2D eigenvalue weighted by atomic mass is 79.9. The van der Waals surface area contributed by atoms with Crippen molar-refractivity contribution in [2.75, 3.05) is 0 Å². The molecule has 7 nitrogen and oxygen atoms in total. The minimum atomic E-state index is -0.578. The Balaban J connectivity index is 1.67. The van der Waals surface area contributed by atoms with E-state index < -0.39 is 5.97 Å². The fourth-order valence-electron chi connectivity index (χ4n) is 1.81. The van der Waals surface area contributed by atoms with Crippen LogP contribution in [0.15, 0.2) is 57.7 Å². The van der Waals surface area contributed by atoms with Gasteiger partial charge in [0.25, 0.3) is 5.89 Å². The van der Waals surface area contributed by atoms with Crippen LogP contribution >= 0.6 is 15.9 Å². The largest absolute Gasteiger partial charge is 0.619 e. The molecule has 0 aliphatic heterocycles. The highest BCUT2D eigenvalue weighted by Crippen LogP contribution is 2.26. The van der Waals surface area contributed by atoms with Crippen molar-refractivity contribution in [2.45, 2.75) is 6.61 Å². The Bertz CT molecular complexity index is 833. The lowest BCUT2D eigenvalue weighted by molar-refractivity contribution is -0.605. The smallest absolute Gasteiger partial charge is 0.339 e. The predicted octanol–water partition coefficient (Wildman–Crippen LogP) is 2.49. The maximum absolute atomic E-state index is 11.8. The topological polar surface area (TPSA) is 92.2 Å². The molecule has 3 aromatic rings. The number of ether oxygens (including phenoxy) is 1. The zero-order chi connectivity index (χ0) is 16.2. The molecular weight excluding hydrogens is 366 g/mol. The second-order valence-corrected chi connectivity index (χ2v) is 5.36. The van der Waals surface area contributed by atoms with Crippen LogP contribution in [0.5, 0.6) is 0 Å². The number of aromatic nitrogens is 3. The fraction of sp³-hybridized carbons (Fsp3) is 0.0667. The monoisotopic (exact) mass is 375 g/mol. The third-order valence-corrected chi connectivity index (χ3v) is 3.63. The maximum Gasteiger partial charge on any atom is 0.339 e. The number of carbonyl (C=O) groups excluding carboxylic acids is 1. The Morgan fingerprint density at radius 2 is 1.96 bits per heavy atom. The number of carbonyl (C=O) groups is 1. The number of benzene rings is 1. The van der Waals surface area contributed by atoms with Crippen LogP contribution in [-0.4, -0.2) is 16.2 Å².